The fraction of sp³-hybridized carbons (Fsp3) is 0.929. The lowest BCUT2D eigenvalue weighted by molar-refractivity contribution is -0.156. The van der Waals surface area contributed by atoms with Crippen LogP contribution >= 0.6 is 0 Å². The number of ether oxygens (including phenoxy) is 1. The van der Waals surface area contributed by atoms with E-state index in [1.165, 1.54) is 0 Å². The third kappa shape index (κ3) is 7.08. The standard InChI is InChI=1S/C14H31NO3Si/c1-13(2,3)17-12(16)9-11(10-15)18-19(7,8)14(4,5)6/h11H,9-10,15H2,1-8H3/t11-/m1/s1. The molecule has 0 bridgehead atoms. The highest BCUT2D eigenvalue weighted by Crippen LogP contribution is 2.37. The zero-order valence-corrected chi connectivity index (χ0v) is 14.8. The summed E-state index contributed by atoms with van der Waals surface area (Å²) >= 11 is 0. The van der Waals surface area contributed by atoms with Crippen LogP contribution in [0.2, 0.25) is 18.1 Å². The van der Waals surface area contributed by atoms with Gasteiger partial charge in [0.1, 0.15) is 5.60 Å². The van der Waals surface area contributed by atoms with Gasteiger partial charge in [0, 0.05) is 6.54 Å². The molecule has 0 saturated carbocycles. The molecular weight excluding hydrogens is 258 g/mol. The lowest BCUT2D eigenvalue weighted by Crippen LogP contribution is -2.46. The van der Waals surface area contributed by atoms with Crippen LogP contribution in [0.3, 0.4) is 0 Å². The molecular formula is C14H31NO3Si. The van der Waals surface area contributed by atoms with Crippen molar-refractivity contribution in [3.63, 3.8) is 0 Å². The van der Waals surface area contributed by atoms with E-state index in [1.807, 2.05) is 20.8 Å². The SMILES string of the molecule is CC(C)(C)OC(=O)C[C@H](CN)O[Si](C)(C)C(C)(C)C. The van der Waals surface area contributed by atoms with E-state index < -0.39 is 13.9 Å². The Hall–Kier alpha value is -0.393. The molecule has 0 aromatic rings. The molecule has 19 heavy (non-hydrogen) atoms. The fourth-order valence-corrected chi connectivity index (χ4v) is 2.70. The van der Waals surface area contributed by atoms with Crippen LogP contribution in [0.25, 0.3) is 0 Å². The first-order valence-corrected chi connectivity index (χ1v) is 9.79. The number of carbonyl (C=O) groups is 1. The number of esters is 1. The average molecular weight is 289 g/mol. The molecule has 0 saturated heterocycles. The second-order valence-electron chi connectivity index (χ2n) is 7.53. The predicted molar refractivity (Wildman–Crippen MR) is 81.6 cm³/mol. The first-order chi connectivity index (χ1) is 8.28. The van der Waals surface area contributed by atoms with E-state index >= 15 is 0 Å². The van der Waals surface area contributed by atoms with E-state index in [-0.39, 0.29) is 23.5 Å². The van der Waals surface area contributed by atoms with Crippen molar-refractivity contribution in [1.29, 1.82) is 0 Å². The van der Waals surface area contributed by atoms with Gasteiger partial charge in [0.2, 0.25) is 0 Å². The van der Waals surface area contributed by atoms with Crippen LogP contribution in [0.5, 0.6) is 0 Å². The van der Waals surface area contributed by atoms with Gasteiger partial charge in [0.05, 0.1) is 12.5 Å². The summed E-state index contributed by atoms with van der Waals surface area (Å²) < 4.78 is 11.5. The Morgan fingerprint density at radius 3 is 1.95 bits per heavy atom. The Labute approximate surface area is 119 Å². The van der Waals surface area contributed by atoms with Gasteiger partial charge in [-0.25, -0.2) is 0 Å². The number of nitrogens with two attached hydrogens (primary N) is 1. The maximum absolute atomic E-state index is 11.8. The van der Waals surface area contributed by atoms with Gasteiger partial charge in [0.15, 0.2) is 8.32 Å². The van der Waals surface area contributed by atoms with Gasteiger partial charge in [-0.3, -0.25) is 4.79 Å². The molecule has 0 rings (SSSR count). The van der Waals surface area contributed by atoms with Crippen molar-refractivity contribution in [2.24, 2.45) is 5.73 Å². The van der Waals surface area contributed by atoms with E-state index in [1.54, 1.807) is 0 Å². The fourth-order valence-electron chi connectivity index (χ4n) is 1.34. The van der Waals surface area contributed by atoms with Crippen molar-refractivity contribution >= 4 is 14.3 Å². The van der Waals surface area contributed by atoms with E-state index in [9.17, 15) is 4.79 Å². The number of carbonyl (C=O) groups excluding carboxylic acids is 1. The normalized spacial score (nSPS) is 15.2. The summed E-state index contributed by atoms with van der Waals surface area (Å²) in [6.07, 6.45) is -0.0314. The van der Waals surface area contributed by atoms with E-state index in [0.29, 0.717) is 6.54 Å². The summed E-state index contributed by atoms with van der Waals surface area (Å²) in [6.45, 7) is 16.7. The van der Waals surface area contributed by atoms with Crippen LogP contribution in [0, 0.1) is 0 Å². The topological polar surface area (TPSA) is 61.5 Å². The summed E-state index contributed by atoms with van der Waals surface area (Å²) in [7, 11) is -1.90. The number of rotatable bonds is 5. The van der Waals surface area contributed by atoms with E-state index in [2.05, 4.69) is 33.9 Å². The summed E-state index contributed by atoms with van der Waals surface area (Å²) in [4.78, 5) is 11.8. The summed E-state index contributed by atoms with van der Waals surface area (Å²) in [6, 6.07) is 0. The molecule has 0 radical (unpaired) electrons. The predicted octanol–water partition coefficient (Wildman–Crippen LogP) is 3.07. The second-order valence-corrected chi connectivity index (χ2v) is 12.3. The molecule has 0 aliphatic heterocycles. The van der Waals surface area contributed by atoms with E-state index in [4.69, 9.17) is 14.9 Å². The Morgan fingerprint density at radius 2 is 1.63 bits per heavy atom. The van der Waals surface area contributed by atoms with Gasteiger partial charge in [-0.15, -0.1) is 0 Å². The van der Waals surface area contributed by atoms with Gasteiger partial charge in [-0.2, -0.15) is 0 Å². The van der Waals surface area contributed by atoms with Crippen LogP contribution in [-0.4, -0.2) is 32.5 Å². The van der Waals surface area contributed by atoms with Crippen LogP contribution in [-0.2, 0) is 14.0 Å². The Kier molecular flexibility index (Phi) is 6.24. The van der Waals surface area contributed by atoms with Crippen molar-refractivity contribution < 1.29 is 14.0 Å². The van der Waals surface area contributed by atoms with Crippen molar-refractivity contribution in [3.05, 3.63) is 0 Å². The van der Waals surface area contributed by atoms with Crippen LogP contribution < -0.4 is 5.73 Å². The average Bonchev–Trinajstić information content (AvgIpc) is 2.11. The molecule has 0 spiro atoms. The zero-order valence-electron chi connectivity index (χ0n) is 13.8. The molecule has 0 unspecified atom stereocenters. The molecule has 2 N–H and O–H groups in total. The van der Waals surface area contributed by atoms with Gasteiger partial charge in [0.25, 0.3) is 0 Å². The molecule has 0 aromatic heterocycles. The highest BCUT2D eigenvalue weighted by atomic mass is 28.4. The molecule has 0 aliphatic rings. The van der Waals surface area contributed by atoms with Crippen molar-refractivity contribution in [2.45, 2.75) is 77.8 Å². The van der Waals surface area contributed by atoms with Gasteiger partial charge >= 0.3 is 5.97 Å². The molecule has 0 aliphatic carbocycles. The summed E-state index contributed by atoms with van der Waals surface area (Å²) in [5.41, 5.74) is 5.26. The zero-order chi connectivity index (χ0) is 15.5. The molecule has 0 amide bonds. The monoisotopic (exact) mass is 289 g/mol. The van der Waals surface area contributed by atoms with E-state index in [0.717, 1.165) is 0 Å². The van der Waals surface area contributed by atoms with Crippen LogP contribution in [0.4, 0.5) is 0 Å². The molecule has 4 nitrogen and oxygen atoms in total. The number of hydrogen-bond acceptors (Lipinski definition) is 4. The molecule has 1 atom stereocenters. The van der Waals surface area contributed by atoms with Gasteiger partial charge in [-0.1, -0.05) is 20.8 Å². The van der Waals surface area contributed by atoms with Gasteiger partial charge in [-0.05, 0) is 38.9 Å². The summed E-state index contributed by atoms with van der Waals surface area (Å²) in [5.74, 6) is -0.248. The molecule has 114 valence electrons. The van der Waals surface area contributed by atoms with Crippen molar-refractivity contribution in [2.75, 3.05) is 6.54 Å². The Morgan fingerprint density at radius 1 is 1.16 bits per heavy atom. The minimum Gasteiger partial charge on any atom is -0.460 e. The summed E-state index contributed by atoms with van der Waals surface area (Å²) in [5, 5.41) is 0.106. The molecule has 0 fully saturated rings. The first-order valence-electron chi connectivity index (χ1n) is 6.88. The van der Waals surface area contributed by atoms with Crippen LogP contribution in [0.1, 0.15) is 48.0 Å². The maximum atomic E-state index is 11.8. The third-order valence-corrected chi connectivity index (χ3v) is 7.88. The molecule has 0 heterocycles. The van der Waals surface area contributed by atoms with Crippen molar-refractivity contribution in [1.82, 2.24) is 0 Å². The molecule has 5 heteroatoms. The van der Waals surface area contributed by atoms with Crippen LogP contribution in [0.15, 0.2) is 0 Å². The highest BCUT2D eigenvalue weighted by molar-refractivity contribution is 6.74. The Bertz CT molecular complexity index is 303. The number of hydrogen-bond donors (Lipinski definition) is 1. The minimum atomic E-state index is -1.90. The first kappa shape index (κ1) is 18.6. The van der Waals surface area contributed by atoms with Crippen molar-refractivity contribution in [3.8, 4) is 0 Å². The maximum Gasteiger partial charge on any atom is 0.308 e. The quantitative estimate of drug-likeness (QED) is 0.624. The Balaban J connectivity index is 4.58. The largest absolute Gasteiger partial charge is 0.460 e. The highest BCUT2D eigenvalue weighted by Gasteiger charge is 2.39. The minimum absolute atomic E-state index is 0.106. The van der Waals surface area contributed by atoms with Gasteiger partial charge < -0.3 is 14.9 Å². The second kappa shape index (κ2) is 6.37. The third-order valence-electron chi connectivity index (χ3n) is 3.34. The smallest absolute Gasteiger partial charge is 0.308 e. The lowest BCUT2D eigenvalue weighted by Gasteiger charge is -2.39. The molecule has 0 aromatic carbocycles. The lowest BCUT2D eigenvalue weighted by atomic mass is 10.2.